The van der Waals surface area contributed by atoms with Gasteiger partial charge < -0.3 is 0 Å². The van der Waals surface area contributed by atoms with Crippen LogP contribution in [-0.4, -0.2) is 5.84 Å². The van der Waals surface area contributed by atoms with E-state index in [0.29, 0.717) is 5.02 Å². The number of halogens is 3. The highest BCUT2D eigenvalue weighted by molar-refractivity contribution is 9.11. The van der Waals surface area contributed by atoms with Gasteiger partial charge >= 0.3 is 0 Å². The first-order chi connectivity index (χ1) is 13.1. The zero-order chi connectivity index (χ0) is 19.0. The van der Waals surface area contributed by atoms with E-state index >= 15 is 0 Å². The van der Waals surface area contributed by atoms with Gasteiger partial charge in [-0.1, -0.05) is 46.6 Å². The third kappa shape index (κ3) is 3.66. The monoisotopic (exact) mass is 506 g/mol. The molecule has 0 bridgehead atoms. The van der Waals surface area contributed by atoms with Crippen LogP contribution in [0.25, 0.3) is 10.8 Å². The van der Waals surface area contributed by atoms with Crippen LogP contribution in [0.1, 0.15) is 19.8 Å². The lowest BCUT2D eigenvalue weighted by molar-refractivity contribution is 0.765. The van der Waals surface area contributed by atoms with Gasteiger partial charge in [-0.2, -0.15) is 5.12 Å². The first kappa shape index (κ1) is 18.6. The van der Waals surface area contributed by atoms with Crippen molar-refractivity contribution in [3.8, 4) is 0 Å². The molecule has 0 amide bonds. The summed E-state index contributed by atoms with van der Waals surface area (Å²) in [7, 11) is 0. The van der Waals surface area contributed by atoms with Crippen LogP contribution in [0.3, 0.4) is 0 Å². The number of hydrazine groups is 2. The molecule has 0 atom stereocenters. The lowest BCUT2D eigenvalue weighted by Crippen LogP contribution is -2.44. The van der Waals surface area contributed by atoms with Crippen LogP contribution in [0.2, 0.25) is 5.02 Å². The Kier molecular flexibility index (Phi) is 5.30. The molecule has 3 aromatic rings. The molecule has 4 rings (SSSR count). The van der Waals surface area contributed by atoms with Crippen LogP contribution in [0, 0.1) is 0 Å². The zero-order valence-corrected chi connectivity index (χ0v) is 18.5. The SMILES string of the molecule is CCCC1=NN(c2cc3cccc(Br)c3cc2Br)N(c2ccc(Cl)cc2)N1. The van der Waals surface area contributed by atoms with Gasteiger partial charge in [-0.15, -0.1) is 10.2 Å². The molecule has 1 aliphatic heterocycles. The Labute approximate surface area is 180 Å². The number of hydrogen-bond acceptors (Lipinski definition) is 4. The number of nitrogens with one attached hydrogen (secondary N) is 1. The maximum Gasteiger partial charge on any atom is 0.145 e. The highest BCUT2D eigenvalue weighted by Crippen LogP contribution is 2.37. The minimum Gasteiger partial charge on any atom is -0.263 e. The van der Waals surface area contributed by atoms with Crippen molar-refractivity contribution < 1.29 is 0 Å². The predicted molar refractivity (Wildman–Crippen MR) is 121 cm³/mol. The van der Waals surface area contributed by atoms with E-state index in [1.54, 1.807) is 0 Å². The smallest absolute Gasteiger partial charge is 0.145 e. The van der Waals surface area contributed by atoms with Crippen molar-refractivity contribution >= 4 is 71.4 Å². The summed E-state index contributed by atoms with van der Waals surface area (Å²) < 4.78 is 2.03. The molecule has 1 N–H and O–H groups in total. The maximum absolute atomic E-state index is 6.06. The number of anilines is 2. The van der Waals surface area contributed by atoms with Crippen LogP contribution in [0.15, 0.2) is 68.6 Å². The molecule has 0 aliphatic carbocycles. The summed E-state index contributed by atoms with van der Waals surface area (Å²) in [4.78, 5) is 0. The third-order valence-corrected chi connectivity index (χ3v) is 5.89. The van der Waals surface area contributed by atoms with Crippen LogP contribution in [0.5, 0.6) is 0 Å². The molecule has 1 heterocycles. The second kappa shape index (κ2) is 7.70. The van der Waals surface area contributed by atoms with Crippen molar-refractivity contribution in [1.29, 1.82) is 0 Å². The number of hydrazone groups is 1. The van der Waals surface area contributed by atoms with Gasteiger partial charge in [0.1, 0.15) is 11.5 Å². The quantitative estimate of drug-likeness (QED) is 0.417. The van der Waals surface area contributed by atoms with Crippen LogP contribution >= 0.6 is 43.5 Å². The third-order valence-electron chi connectivity index (χ3n) is 4.31. The Morgan fingerprint density at radius 2 is 1.81 bits per heavy atom. The summed E-state index contributed by atoms with van der Waals surface area (Å²) in [5.74, 6) is 0.925. The Morgan fingerprint density at radius 1 is 1.04 bits per heavy atom. The van der Waals surface area contributed by atoms with Gasteiger partial charge in [0.05, 0.1) is 5.69 Å². The standard InChI is InChI=1S/C20H17Br2ClN4/c1-2-4-20-24-26(15-9-7-14(23)8-10-15)27(25-20)19-11-13-5-3-6-17(21)16(13)12-18(19)22/h3,5-12H,2,4H2,1H3,(H,24,25). The zero-order valence-electron chi connectivity index (χ0n) is 14.6. The molecule has 0 saturated heterocycles. The molecular weight excluding hydrogens is 492 g/mol. The van der Waals surface area contributed by atoms with Crippen molar-refractivity contribution in [2.75, 3.05) is 10.2 Å². The van der Waals surface area contributed by atoms with Gasteiger partial charge in [-0.25, -0.2) is 0 Å². The maximum atomic E-state index is 6.06. The highest BCUT2D eigenvalue weighted by Gasteiger charge is 2.27. The number of rotatable bonds is 4. The van der Waals surface area contributed by atoms with E-state index in [0.717, 1.165) is 49.8 Å². The number of fused-ring (bicyclic) bond motifs is 1. The second-order valence-electron chi connectivity index (χ2n) is 6.25. The Balaban J connectivity index is 1.81. The van der Waals surface area contributed by atoms with E-state index in [2.05, 4.69) is 62.4 Å². The fourth-order valence-electron chi connectivity index (χ4n) is 3.01. The minimum atomic E-state index is 0.705. The molecule has 4 nitrogen and oxygen atoms in total. The lowest BCUT2D eigenvalue weighted by atomic mass is 10.1. The fourth-order valence-corrected chi connectivity index (χ4v) is 4.14. The molecule has 0 fully saturated rings. The first-order valence-corrected chi connectivity index (χ1v) is 10.6. The number of amidine groups is 1. The van der Waals surface area contributed by atoms with Gasteiger partial charge in [0.15, 0.2) is 0 Å². The van der Waals surface area contributed by atoms with Crippen molar-refractivity contribution in [2.45, 2.75) is 19.8 Å². The van der Waals surface area contributed by atoms with E-state index in [-0.39, 0.29) is 0 Å². The molecule has 7 heteroatoms. The van der Waals surface area contributed by atoms with Crippen molar-refractivity contribution in [3.05, 3.63) is 68.6 Å². The summed E-state index contributed by atoms with van der Waals surface area (Å²) >= 11 is 13.4. The fraction of sp³-hybridized carbons (Fsp3) is 0.150. The molecule has 0 unspecified atom stereocenters. The molecular formula is C20H17Br2ClN4. The normalized spacial score (nSPS) is 13.9. The van der Waals surface area contributed by atoms with Gasteiger partial charge in [0.2, 0.25) is 0 Å². The molecule has 3 aromatic carbocycles. The van der Waals surface area contributed by atoms with Gasteiger partial charge in [-0.3, -0.25) is 5.43 Å². The molecule has 0 aromatic heterocycles. The molecule has 138 valence electrons. The summed E-state index contributed by atoms with van der Waals surface area (Å²) in [6, 6.07) is 18.1. The van der Waals surface area contributed by atoms with Crippen LogP contribution < -0.4 is 15.7 Å². The summed E-state index contributed by atoms with van der Waals surface area (Å²) in [6.45, 7) is 2.14. The first-order valence-electron chi connectivity index (χ1n) is 8.64. The molecule has 27 heavy (non-hydrogen) atoms. The average molecular weight is 509 g/mol. The van der Waals surface area contributed by atoms with E-state index < -0.39 is 0 Å². The summed E-state index contributed by atoms with van der Waals surface area (Å²) in [6.07, 6.45) is 1.89. The predicted octanol–water partition coefficient (Wildman–Crippen LogP) is 6.88. The second-order valence-corrected chi connectivity index (χ2v) is 8.40. The van der Waals surface area contributed by atoms with Gasteiger partial charge in [0, 0.05) is 20.4 Å². The minimum absolute atomic E-state index is 0.705. The average Bonchev–Trinajstić information content (AvgIpc) is 3.07. The van der Waals surface area contributed by atoms with Crippen LogP contribution in [0.4, 0.5) is 11.4 Å². The number of nitrogens with zero attached hydrogens (tertiary/aromatic N) is 3. The van der Waals surface area contributed by atoms with E-state index in [9.17, 15) is 0 Å². The largest absolute Gasteiger partial charge is 0.263 e. The van der Waals surface area contributed by atoms with E-state index in [1.807, 2.05) is 46.6 Å². The number of hydrogen-bond donors (Lipinski definition) is 1. The molecule has 0 spiro atoms. The number of benzene rings is 3. The Morgan fingerprint density at radius 3 is 2.56 bits per heavy atom. The summed E-state index contributed by atoms with van der Waals surface area (Å²) in [5.41, 5.74) is 5.31. The van der Waals surface area contributed by atoms with Crippen molar-refractivity contribution in [1.82, 2.24) is 5.43 Å². The Bertz CT molecular complexity index is 1020. The lowest BCUT2D eigenvalue weighted by Gasteiger charge is -2.29. The van der Waals surface area contributed by atoms with Crippen LogP contribution in [-0.2, 0) is 0 Å². The van der Waals surface area contributed by atoms with Gasteiger partial charge in [0.25, 0.3) is 0 Å². The highest BCUT2D eigenvalue weighted by atomic mass is 79.9. The van der Waals surface area contributed by atoms with Crippen molar-refractivity contribution in [3.63, 3.8) is 0 Å². The molecule has 1 aliphatic rings. The molecule has 0 radical (unpaired) electrons. The van der Waals surface area contributed by atoms with Gasteiger partial charge in [-0.05, 0) is 75.6 Å². The van der Waals surface area contributed by atoms with E-state index in [1.165, 1.54) is 0 Å². The van der Waals surface area contributed by atoms with Crippen molar-refractivity contribution in [2.24, 2.45) is 5.10 Å². The summed E-state index contributed by atoms with van der Waals surface area (Å²) in [5, 5.41) is 11.6. The Hall–Kier alpha value is -1.76. The van der Waals surface area contributed by atoms with E-state index in [4.69, 9.17) is 16.7 Å². The molecule has 0 saturated carbocycles. The topological polar surface area (TPSA) is 30.9 Å².